The van der Waals surface area contributed by atoms with E-state index in [1.165, 1.54) is 35.1 Å². The number of benzene rings is 1. The van der Waals surface area contributed by atoms with Crippen molar-refractivity contribution in [2.24, 2.45) is 5.92 Å². The molecule has 1 aliphatic rings. The molecule has 1 heterocycles. The average molecular weight is 482 g/mol. The number of rotatable bonds is 9. The Hall–Kier alpha value is -1.77. The van der Waals surface area contributed by atoms with E-state index in [4.69, 9.17) is 16.7 Å². The molecule has 6 nitrogen and oxygen atoms in total. The first-order valence-electron chi connectivity index (χ1n) is 10.5. The molecule has 2 amide bonds. The molecule has 0 aliphatic heterocycles. The number of hydrogen-bond donors (Lipinski definition) is 2. The highest BCUT2D eigenvalue weighted by Gasteiger charge is 2.30. The fourth-order valence-corrected chi connectivity index (χ4v) is 5.80. The van der Waals surface area contributed by atoms with Gasteiger partial charge in [0.25, 0.3) is 0 Å². The molecular formula is C22H28ClN3O3S2. The van der Waals surface area contributed by atoms with Gasteiger partial charge in [-0.1, -0.05) is 54.8 Å². The smallest absolute Gasteiger partial charge is 0.323 e. The minimum Gasteiger partial charge on any atom is -0.481 e. The number of thioether (sulfide) groups is 1. The Morgan fingerprint density at radius 3 is 2.90 bits per heavy atom. The number of carbonyl (C=O) groups excluding carboxylic acids is 1. The zero-order chi connectivity index (χ0) is 22.2. The van der Waals surface area contributed by atoms with Crippen molar-refractivity contribution in [1.29, 1.82) is 0 Å². The van der Waals surface area contributed by atoms with Crippen LogP contribution >= 0.6 is 34.7 Å². The van der Waals surface area contributed by atoms with Gasteiger partial charge in [-0.3, -0.25) is 10.1 Å². The van der Waals surface area contributed by atoms with Gasteiger partial charge in [0.15, 0.2) is 5.13 Å². The van der Waals surface area contributed by atoms with Crippen molar-refractivity contribution in [2.75, 3.05) is 17.6 Å². The van der Waals surface area contributed by atoms with Gasteiger partial charge in [-0.25, -0.2) is 9.78 Å². The summed E-state index contributed by atoms with van der Waals surface area (Å²) < 4.78 is 0.774. The van der Waals surface area contributed by atoms with Crippen molar-refractivity contribution in [3.05, 3.63) is 41.0 Å². The molecule has 0 unspecified atom stereocenters. The number of aryl methyl sites for hydroxylation is 1. The summed E-state index contributed by atoms with van der Waals surface area (Å²) in [6, 6.07) is 7.94. The van der Waals surface area contributed by atoms with Crippen LogP contribution in [0.15, 0.2) is 34.7 Å². The summed E-state index contributed by atoms with van der Waals surface area (Å²) in [5.41, 5.74) is 1.17. The number of carbonyl (C=O) groups is 2. The maximum absolute atomic E-state index is 13.2. The molecule has 0 saturated heterocycles. The van der Waals surface area contributed by atoms with Crippen LogP contribution in [0.25, 0.3) is 0 Å². The largest absolute Gasteiger partial charge is 0.481 e. The highest BCUT2D eigenvalue weighted by atomic mass is 35.5. The third kappa shape index (κ3) is 7.40. The van der Waals surface area contributed by atoms with Crippen LogP contribution in [-0.4, -0.2) is 45.3 Å². The number of thiazole rings is 1. The maximum atomic E-state index is 13.2. The second-order valence-electron chi connectivity index (χ2n) is 7.85. The number of aliphatic carboxylic acids is 1. The van der Waals surface area contributed by atoms with E-state index >= 15 is 0 Å². The number of hydrogen-bond acceptors (Lipinski definition) is 5. The van der Waals surface area contributed by atoms with Gasteiger partial charge < -0.3 is 10.0 Å². The van der Waals surface area contributed by atoms with Crippen molar-refractivity contribution >= 4 is 51.8 Å². The fourth-order valence-electron chi connectivity index (χ4n) is 4.00. The number of amides is 2. The van der Waals surface area contributed by atoms with E-state index in [1.807, 2.05) is 23.1 Å². The topological polar surface area (TPSA) is 82.5 Å². The van der Waals surface area contributed by atoms with Crippen LogP contribution in [-0.2, 0) is 11.2 Å². The first kappa shape index (κ1) is 23.9. The van der Waals surface area contributed by atoms with Gasteiger partial charge in [-0.05, 0) is 49.3 Å². The lowest BCUT2D eigenvalue weighted by Crippen LogP contribution is -2.47. The SMILES string of the molecule is C[C@@H]1CCCC[C@H]1N(CCCc1cccc(Cl)c1)C(=O)Nc1ncc(SCC(=O)O)s1. The highest BCUT2D eigenvalue weighted by molar-refractivity contribution is 8.01. The Kier molecular flexibility index (Phi) is 9.04. The molecule has 0 spiro atoms. The number of aromatic nitrogens is 1. The van der Waals surface area contributed by atoms with Gasteiger partial charge in [0.05, 0.1) is 16.2 Å². The van der Waals surface area contributed by atoms with Crippen molar-refractivity contribution in [3.8, 4) is 0 Å². The van der Waals surface area contributed by atoms with Crippen molar-refractivity contribution in [1.82, 2.24) is 9.88 Å². The lowest BCUT2D eigenvalue weighted by atomic mass is 9.85. The second-order valence-corrected chi connectivity index (χ2v) is 10.6. The minimum absolute atomic E-state index is 0.0230. The molecule has 31 heavy (non-hydrogen) atoms. The van der Waals surface area contributed by atoms with Crippen LogP contribution in [0.5, 0.6) is 0 Å². The Morgan fingerprint density at radius 2 is 2.16 bits per heavy atom. The molecule has 2 atom stereocenters. The van der Waals surface area contributed by atoms with E-state index in [9.17, 15) is 9.59 Å². The van der Waals surface area contributed by atoms with Crippen LogP contribution in [0.4, 0.5) is 9.93 Å². The molecule has 0 bridgehead atoms. The van der Waals surface area contributed by atoms with Crippen molar-refractivity contribution < 1.29 is 14.7 Å². The predicted molar refractivity (Wildman–Crippen MR) is 127 cm³/mol. The van der Waals surface area contributed by atoms with Gasteiger partial charge in [-0.2, -0.15) is 0 Å². The minimum atomic E-state index is -0.874. The Labute approximate surface area is 196 Å². The summed E-state index contributed by atoms with van der Waals surface area (Å²) in [5, 5.41) is 13.0. The summed E-state index contributed by atoms with van der Waals surface area (Å²) in [6.07, 6.45) is 7.83. The van der Waals surface area contributed by atoms with Crippen LogP contribution < -0.4 is 5.32 Å². The van der Waals surface area contributed by atoms with Gasteiger partial charge in [0, 0.05) is 17.6 Å². The molecule has 0 radical (unpaired) electrons. The number of carboxylic acid groups (broad SMARTS) is 1. The standard InChI is InChI=1S/C22H28ClN3O3S2/c1-15-6-2-3-10-18(15)26(11-5-8-16-7-4-9-17(23)12-16)22(29)25-21-24-13-20(31-21)30-14-19(27)28/h4,7,9,12-13,15,18H,2-3,5-6,8,10-11,14H2,1H3,(H,27,28)(H,24,25,29)/t15-,18-/m1/s1. The molecule has 168 valence electrons. The predicted octanol–water partition coefficient (Wildman–Crippen LogP) is 6.02. The third-order valence-corrected chi connectivity index (χ3v) is 7.84. The third-order valence-electron chi connectivity index (χ3n) is 5.52. The number of urea groups is 1. The molecule has 1 aliphatic carbocycles. The van der Waals surface area contributed by atoms with Crippen LogP contribution in [0.2, 0.25) is 5.02 Å². The van der Waals surface area contributed by atoms with E-state index in [2.05, 4.69) is 23.3 Å². The first-order valence-corrected chi connectivity index (χ1v) is 12.7. The highest BCUT2D eigenvalue weighted by Crippen LogP contribution is 2.31. The Balaban J connectivity index is 1.63. The zero-order valence-corrected chi connectivity index (χ0v) is 19.9. The summed E-state index contributed by atoms with van der Waals surface area (Å²) in [6.45, 7) is 2.89. The molecule has 1 saturated carbocycles. The monoisotopic (exact) mass is 481 g/mol. The lowest BCUT2D eigenvalue weighted by Gasteiger charge is -2.38. The number of nitrogens with zero attached hydrogens (tertiary/aromatic N) is 2. The average Bonchev–Trinajstić information content (AvgIpc) is 3.18. The van der Waals surface area contributed by atoms with Crippen LogP contribution in [0, 0.1) is 5.92 Å². The normalized spacial score (nSPS) is 18.5. The first-order chi connectivity index (χ1) is 14.9. The number of halogens is 1. The number of nitrogens with one attached hydrogen (secondary N) is 1. The quantitative estimate of drug-likeness (QED) is 0.428. The summed E-state index contributed by atoms with van der Waals surface area (Å²) in [7, 11) is 0. The summed E-state index contributed by atoms with van der Waals surface area (Å²) >= 11 is 8.61. The Bertz CT molecular complexity index is 892. The van der Waals surface area contributed by atoms with E-state index in [0.717, 1.165) is 41.3 Å². The van der Waals surface area contributed by atoms with Gasteiger partial charge in [0.1, 0.15) is 0 Å². The van der Waals surface area contributed by atoms with Crippen molar-refractivity contribution in [3.63, 3.8) is 0 Å². The van der Waals surface area contributed by atoms with Gasteiger partial charge in [-0.15, -0.1) is 11.8 Å². The van der Waals surface area contributed by atoms with E-state index in [1.54, 1.807) is 6.20 Å². The molecule has 1 aromatic carbocycles. The molecule has 1 aromatic heterocycles. The van der Waals surface area contributed by atoms with Crippen molar-refractivity contribution in [2.45, 2.75) is 55.7 Å². The van der Waals surface area contributed by atoms with Crippen LogP contribution in [0.3, 0.4) is 0 Å². The number of anilines is 1. The molecular weight excluding hydrogens is 454 g/mol. The lowest BCUT2D eigenvalue weighted by molar-refractivity contribution is -0.133. The summed E-state index contributed by atoms with van der Waals surface area (Å²) in [5.74, 6) is -0.435. The van der Waals surface area contributed by atoms with E-state index in [0.29, 0.717) is 17.6 Å². The summed E-state index contributed by atoms with van der Waals surface area (Å²) in [4.78, 5) is 30.2. The van der Waals surface area contributed by atoms with Crippen LogP contribution in [0.1, 0.15) is 44.6 Å². The maximum Gasteiger partial charge on any atom is 0.323 e. The fraction of sp³-hybridized carbons (Fsp3) is 0.500. The molecule has 2 aromatic rings. The van der Waals surface area contributed by atoms with Gasteiger partial charge >= 0.3 is 12.0 Å². The van der Waals surface area contributed by atoms with E-state index in [-0.39, 0.29) is 17.8 Å². The molecule has 2 N–H and O–H groups in total. The zero-order valence-electron chi connectivity index (χ0n) is 17.6. The molecule has 3 rings (SSSR count). The number of carboxylic acids is 1. The van der Waals surface area contributed by atoms with E-state index < -0.39 is 5.97 Å². The second kappa shape index (κ2) is 11.7. The molecule has 9 heteroatoms. The Morgan fingerprint density at radius 1 is 1.35 bits per heavy atom. The molecule has 1 fully saturated rings. The van der Waals surface area contributed by atoms with Gasteiger partial charge in [0.2, 0.25) is 0 Å².